The number of pyridine rings is 1. The maximum atomic E-state index is 12.3. The standard InChI is InChI=1S/C15H13N5O/c16-12-6-2-1-5-11(12)15(21)19-13-7-3-8-17-14(13)20-10-4-9-18-20/h1-10H,16H2,(H,19,21). The molecule has 3 rings (SSSR count). The molecular formula is C15H13N5O. The fraction of sp³-hybridized carbons (Fsp3) is 0. The van der Waals surface area contributed by atoms with Crippen molar-refractivity contribution in [2.45, 2.75) is 0 Å². The fourth-order valence-corrected chi connectivity index (χ4v) is 1.96. The van der Waals surface area contributed by atoms with Crippen molar-refractivity contribution in [3.8, 4) is 5.82 Å². The number of rotatable bonds is 3. The lowest BCUT2D eigenvalue weighted by Crippen LogP contribution is -2.16. The largest absolute Gasteiger partial charge is 0.398 e. The molecule has 0 unspecified atom stereocenters. The third-order valence-electron chi connectivity index (χ3n) is 2.96. The molecule has 0 saturated carbocycles. The molecule has 0 fully saturated rings. The second-order valence-electron chi connectivity index (χ2n) is 4.37. The Hall–Kier alpha value is -3.15. The Balaban J connectivity index is 1.93. The molecule has 21 heavy (non-hydrogen) atoms. The SMILES string of the molecule is Nc1ccccc1C(=O)Nc1cccnc1-n1cccn1. The van der Waals surface area contributed by atoms with Gasteiger partial charge < -0.3 is 11.1 Å². The number of anilines is 2. The number of hydrogen-bond donors (Lipinski definition) is 2. The minimum absolute atomic E-state index is 0.283. The summed E-state index contributed by atoms with van der Waals surface area (Å²) < 4.78 is 1.59. The Morgan fingerprint density at radius 1 is 1.10 bits per heavy atom. The number of benzene rings is 1. The van der Waals surface area contributed by atoms with Gasteiger partial charge in [0.2, 0.25) is 0 Å². The second-order valence-corrected chi connectivity index (χ2v) is 4.37. The van der Waals surface area contributed by atoms with Gasteiger partial charge in [0.1, 0.15) is 0 Å². The molecule has 3 aromatic rings. The normalized spacial score (nSPS) is 10.3. The molecule has 3 N–H and O–H groups in total. The van der Waals surface area contributed by atoms with Crippen molar-refractivity contribution in [2.24, 2.45) is 0 Å². The molecule has 0 spiro atoms. The number of nitrogens with one attached hydrogen (secondary N) is 1. The minimum atomic E-state index is -0.283. The monoisotopic (exact) mass is 279 g/mol. The average molecular weight is 279 g/mol. The van der Waals surface area contributed by atoms with Gasteiger partial charge in [-0.05, 0) is 30.3 Å². The molecule has 0 saturated heterocycles. The molecule has 0 aliphatic heterocycles. The van der Waals surface area contributed by atoms with Crippen molar-refractivity contribution in [1.29, 1.82) is 0 Å². The van der Waals surface area contributed by atoms with E-state index in [0.29, 0.717) is 22.8 Å². The van der Waals surface area contributed by atoms with Crippen LogP contribution >= 0.6 is 0 Å². The molecule has 0 atom stereocenters. The van der Waals surface area contributed by atoms with Crippen LogP contribution in [0.25, 0.3) is 5.82 Å². The Morgan fingerprint density at radius 2 is 1.95 bits per heavy atom. The highest BCUT2D eigenvalue weighted by Crippen LogP contribution is 2.19. The van der Waals surface area contributed by atoms with Crippen LogP contribution in [0.3, 0.4) is 0 Å². The lowest BCUT2D eigenvalue weighted by atomic mass is 10.1. The van der Waals surface area contributed by atoms with E-state index in [9.17, 15) is 4.79 Å². The van der Waals surface area contributed by atoms with Crippen LogP contribution in [-0.4, -0.2) is 20.7 Å². The van der Waals surface area contributed by atoms with Crippen molar-refractivity contribution in [1.82, 2.24) is 14.8 Å². The van der Waals surface area contributed by atoms with E-state index in [1.54, 1.807) is 65.7 Å². The highest BCUT2D eigenvalue weighted by molar-refractivity contribution is 6.08. The second kappa shape index (κ2) is 5.46. The molecule has 1 amide bonds. The van der Waals surface area contributed by atoms with Gasteiger partial charge in [0.15, 0.2) is 5.82 Å². The summed E-state index contributed by atoms with van der Waals surface area (Å²) in [7, 11) is 0. The quantitative estimate of drug-likeness (QED) is 0.719. The van der Waals surface area contributed by atoms with Crippen LogP contribution in [-0.2, 0) is 0 Å². The number of nitrogens with zero attached hydrogens (tertiary/aromatic N) is 3. The van der Waals surface area contributed by atoms with E-state index in [1.807, 2.05) is 0 Å². The number of carbonyl (C=O) groups is 1. The molecule has 0 aliphatic carbocycles. The predicted molar refractivity (Wildman–Crippen MR) is 80.2 cm³/mol. The van der Waals surface area contributed by atoms with Crippen LogP contribution in [0.5, 0.6) is 0 Å². The number of aromatic nitrogens is 3. The van der Waals surface area contributed by atoms with E-state index >= 15 is 0 Å². The van der Waals surface area contributed by atoms with Gasteiger partial charge in [-0.1, -0.05) is 12.1 Å². The first kappa shape index (κ1) is 12.9. The summed E-state index contributed by atoms with van der Waals surface area (Å²) in [6, 6.07) is 12.2. The fourth-order valence-electron chi connectivity index (χ4n) is 1.96. The van der Waals surface area contributed by atoms with E-state index in [2.05, 4.69) is 15.4 Å². The van der Waals surface area contributed by atoms with Crippen molar-refractivity contribution in [3.63, 3.8) is 0 Å². The van der Waals surface area contributed by atoms with Crippen molar-refractivity contribution >= 4 is 17.3 Å². The molecule has 2 heterocycles. The van der Waals surface area contributed by atoms with Crippen LogP contribution < -0.4 is 11.1 Å². The zero-order valence-corrected chi connectivity index (χ0v) is 11.1. The predicted octanol–water partition coefficient (Wildman–Crippen LogP) is 2.10. The first-order valence-electron chi connectivity index (χ1n) is 6.36. The van der Waals surface area contributed by atoms with Gasteiger partial charge in [-0.2, -0.15) is 5.10 Å². The maximum Gasteiger partial charge on any atom is 0.257 e. The van der Waals surface area contributed by atoms with E-state index in [4.69, 9.17) is 5.73 Å². The zero-order valence-electron chi connectivity index (χ0n) is 11.1. The van der Waals surface area contributed by atoms with E-state index in [0.717, 1.165) is 0 Å². The smallest absolute Gasteiger partial charge is 0.257 e. The van der Waals surface area contributed by atoms with Crippen LogP contribution in [0.1, 0.15) is 10.4 Å². The average Bonchev–Trinajstić information content (AvgIpc) is 3.02. The summed E-state index contributed by atoms with van der Waals surface area (Å²) in [5, 5.41) is 6.94. The van der Waals surface area contributed by atoms with E-state index in [1.165, 1.54) is 0 Å². The summed E-state index contributed by atoms with van der Waals surface area (Å²) in [5.41, 5.74) is 7.23. The lowest BCUT2D eigenvalue weighted by Gasteiger charge is -2.10. The van der Waals surface area contributed by atoms with Crippen molar-refractivity contribution < 1.29 is 4.79 Å². The minimum Gasteiger partial charge on any atom is -0.398 e. The molecule has 1 aromatic carbocycles. The highest BCUT2D eigenvalue weighted by atomic mass is 16.1. The number of para-hydroxylation sites is 1. The topological polar surface area (TPSA) is 85.8 Å². The number of nitrogen functional groups attached to an aromatic ring is 1. The molecule has 6 heteroatoms. The molecule has 104 valence electrons. The van der Waals surface area contributed by atoms with Crippen LogP contribution in [0.15, 0.2) is 61.1 Å². The molecule has 6 nitrogen and oxygen atoms in total. The summed E-state index contributed by atoms with van der Waals surface area (Å²) in [4.78, 5) is 16.6. The first-order chi connectivity index (χ1) is 10.3. The van der Waals surface area contributed by atoms with Gasteiger partial charge >= 0.3 is 0 Å². The van der Waals surface area contributed by atoms with Crippen LogP contribution in [0.4, 0.5) is 11.4 Å². The van der Waals surface area contributed by atoms with Gasteiger partial charge in [0, 0.05) is 24.3 Å². The number of nitrogens with two attached hydrogens (primary N) is 1. The summed E-state index contributed by atoms with van der Waals surface area (Å²) >= 11 is 0. The van der Waals surface area contributed by atoms with Crippen molar-refractivity contribution in [3.05, 3.63) is 66.6 Å². The summed E-state index contributed by atoms with van der Waals surface area (Å²) in [6.07, 6.45) is 5.05. The Morgan fingerprint density at radius 3 is 2.71 bits per heavy atom. The molecule has 2 aromatic heterocycles. The molecule has 0 bridgehead atoms. The van der Waals surface area contributed by atoms with Gasteiger partial charge in [-0.3, -0.25) is 4.79 Å². The number of amides is 1. The molecule has 0 radical (unpaired) electrons. The molecule has 0 aliphatic rings. The number of carbonyl (C=O) groups excluding carboxylic acids is 1. The highest BCUT2D eigenvalue weighted by Gasteiger charge is 2.13. The van der Waals surface area contributed by atoms with Gasteiger partial charge in [0.05, 0.1) is 11.3 Å². The zero-order chi connectivity index (χ0) is 14.7. The van der Waals surface area contributed by atoms with Gasteiger partial charge in [-0.25, -0.2) is 9.67 Å². The number of hydrogen-bond acceptors (Lipinski definition) is 4. The Labute approximate surface area is 121 Å². The van der Waals surface area contributed by atoms with E-state index in [-0.39, 0.29) is 5.91 Å². The first-order valence-corrected chi connectivity index (χ1v) is 6.36. The summed E-state index contributed by atoms with van der Waals surface area (Å²) in [5.74, 6) is 0.264. The van der Waals surface area contributed by atoms with Crippen LogP contribution in [0, 0.1) is 0 Å². The summed E-state index contributed by atoms with van der Waals surface area (Å²) in [6.45, 7) is 0. The lowest BCUT2D eigenvalue weighted by molar-refractivity contribution is 0.102. The molecular weight excluding hydrogens is 266 g/mol. The Bertz CT molecular complexity index is 767. The third kappa shape index (κ3) is 2.59. The van der Waals surface area contributed by atoms with Crippen LogP contribution in [0.2, 0.25) is 0 Å². The van der Waals surface area contributed by atoms with Gasteiger partial charge in [-0.15, -0.1) is 0 Å². The van der Waals surface area contributed by atoms with Gasteiger partial charge in [0.25, 0.3) is 5.91 Å². The van der Waals surface area contributed by atoms with E-state index < -0.39 is 0 Å². The third-order valence-corrected chi connectivity index (χ3v) is 2.96. The maximum absolute atomic E-state index is 12.3. The van der Waals surface area contributed by atoms with Crippen molar-refractivity contribution in [2.75, 3.05) is 11.1 Å². The Kier molecular flexibility index (Phi) is 3.34.